The second-order valence-electron chi connectivity index (χ2n) is 9.91. The lowest BCUT2D eigenvalue weighted by Crippen LogP contribution is -2.49. The third-order valence-corrected chi connectivity index (χ3v) is 6.84. The Bertz CT molecular complexity index is 1390. The van der Waals surface area contributed by atoms with Gasteiger partial charge in [0.1, 0.15) is 18.2 Å². The summed E-state index contributed by atoms with van der Waals surface area (Å²) in [5.41, 5.74) is 9.60. The first-order valence-electron chi connectivity index (χ1n) is 12.8. The van der Waals surface area contributed by atoms with Crippen molar-refractivity contribution >= 4 is 17.7 Å². The zero-order chi connectivity index (χ0) is 28.3. The number of nitrogens with two attached hydrogens (primary N) is 1. The van der Waals surface area contributed by atoms with Crippen LogP contribution >= 0.6 is 0 Å². The van der Waals surface area contributed by atoms with Crippen molar-refractivity contribution in [3.8, 4) is 0 Å². The number of amides is 3. The van der Waals surface area contributed by atoms with Gasteiger partial charge in [0.2, 0.25) is 5.91 Å². The van der Waals surface area contributed by atoms with Crippen LogP contribution in [0.1, 0.15) is 49.9 Å². The highest BCUT2D eigenvalue weighted by Crippen LogP contribution is 2.24. The minimum atomic E-state index is -1.25. The highest BCUT2D eigenvalue weighted by atomic mass is 19.1. The van der Waals surface area contributed by atoms with E-state index in [0.29, 0.717) is 0 Å². The molecule has 0 radical (unpaired) electrons. The van der Waals surface area contributed by atoms with Crippen molar-refractivity contribution in [1.29, 1.82) is 0 Å². The molecule has 39 heavy (non-hydrogen) atoms. The molecule has 1 aliphatic heterocycles. The lowest BCUT2D eigenvalue weighted by atomic mass is 10.0. The molecule has 2 unspecified atom stereocenters. The zero-order valence-corrected chi connectivity index (χ0v) is 21.9. The molecule has 3 aromatic carbocycles. The average Bonchev–Trinajstić information content (AvgIpc) is 3.11. The number of aliphatic hydroxyl groups is 1. The molecule has 1 aliphatic rings. The van der Waals surface area contributed by atoms with Gasteiger partial charge >= 0.3 is 0 Å². The number of aliphatic hydroxyl groups excluding tert-OH is 1. The molecule has 1 heterocycles. The van der Waals surface area contributed by atoms with Crippen LogP contribution in [0.15, 0.2) is 60.7 Å². The predicted molar refractivity (Wildman–Crippen MR) is 142 cm³/mol. The van der Waals surface area contributed by atoms with E-state index >= 15 is 0 Å². The lowest BCUT2D eigenvalue weighted by Gasteiger charge is -2.29. The van der Waals surface area contributed by atoms with Gasteiger partial charge in [-0.3, -0.25) is 19.3 Å². The van der Waals surface area contributed by atoms with Crippen LogP contribution in [0, 0.1) is 18.6 Å². The van der Waals surface area contributed by atoms with Gasteiger partial charge in [-0.1, -0.05) is 42.8 Å². The molecule has 3 amide bonds. The Labute approximate surface area is 225 Å². The van der Waals surface area contributed by atoms with Crippen molar-refractivity contribution < 1.29 is 28.3 Å². The van der Waals surface area contributed by atoms with Crippen LogP contribution in [0.4, 0.5) is 8.78 Å². The van der Waals surface area contributed by atoms with Crippen molar-refractivity contribution in [3.05, 3.63) is 106 Å². The molecule has 9 heteroatoms. The van der Waals surface area contributed by atoms with E-state index in [0.717, 1.165) is 46.2 Å². The van der Waals surface area contributed by atoms with E-state index in [1.165, 1.54) is 4.90 Å². The SMILES string of the molecule is CCc1cccc(CN(CC(O)C(N)Cc2cc(F)cc(F)c2)C(=O)CN2C(=O)c3ccc(C)cc3C2=O)c1. The predicted octanol–water partition coefficient (Wildman–Crippen LogP) is 3.39. The number of rotatable bonds is 10. The molecule has 0 aromatic heterocycles. The third kappa shape index (κ3) is 6.55. The molecular formula is C30H31F2N3O4. The number of imide groups is 1. The van der Waals surface area contributed by atoms with Crippen molar-refractivity contribution in [2.75, 3.05) is 13.1 Å². The number of hydrogen-bond acceptors (Lipinski definition) is 5. The molecule has 3 N–H and O–H groups in total. The maximum atomic E-state index is 13.6. The monoisotopic (exact) mass is 535 g/mol. The van der Waals surface area contributed by atoms with Crippen molar-refractivity contribution in [2.24, 2.45) is 5.73 Å². The van der Waals surface area contributed by atoms with E-state index in [-0.39, 0.29) is 36.2 Å². The number of carbonyl (C=O) groups is 3. The van der Waals surface area contributed by atoms with Gasteiger partial charge < -0.3 is 15.7 Å². The fourth-order valence-electron chi connectivity index (χ4n) is 4.70. The summed E-state index contributed by atoms with van der Waals surface area (Å²) in [4.78, 5) is 41.6. The molecule has 4 rings (SSSR count). The summed E-state index contributed by atoms with van der Waals surface area (Å²) >= 11 is 0. The largest absolute Gasteiger partial charge is 0.390 e. The molecule has 0 saturated heterocycles. The van der Waals surface area contributed by atoms with Crippen LogP contribution in [0.5, 0.6) is 0 Å². The molecule has 0 bridgehead atoms. The topological polar surface area (TPSA) is 104 Å². The van der Waals surface area contributed by atoms with Gasteiger partial charge in [-0.05, 0) is 60.7 Å². The Hall–Kier alpha value is -3.95. The van der Waals surface area contributed by atoms with Gasteiger partial charge in [-0.25, -0.2) is 8.78 Å². The first-order valence-corrected chi connectivity index (χ1v) is 12.8. The number of hydrogen-bond donors (Lipinski definition) is 2. The van der Waals surface area contributed by atoms with Gasteiger partial charge in [-0.15, -0.1) is 0 Å². The maximum absolute atomic E-state index is 13.6. The van der Waals surface area contributed by atoms with E-state index in [2.05, 4.69) is 0 Å². The van der Waals surface area contributed by atoms with E-state index in [9.17, 15) is 28.3 Å². The normalized spacial score (nSPS) is 14.4. The zero-order valence-electron chi connectivity index (χ0n) is 21.9. The van der Waals surface area contributed by atoms with E-state index < -0.39 is 48.0 Å². The third-order valence-electron chi connectivity index (χ3n) is 6.84. The second-order valence-corrected chi connectivity index (χ2v) is 9.91. The lowest BCUT2D eigenvalue weighted by molar-refractivity contribution is -0.133. The molecule has 0 aliphatic carbocycles. The summed E-state index contributed by atoms with van der Waals surface area (Å²) in [7, 11) is 0. The van der Waals surface area contributed by atoms with Crippen LogP contribution in [0.2, 0.25) is 0 Å². The van der Waals surface area contributed by atoms with Crippen LogP contribution in [-0.2, 0) is 24.2 Å². The van der Waals surface area contributed by atoms with E-state index in [4.69, 9.17) is 5.73 Å². The quantitative estimate of drug-likeness (QED) is 0.388. The number of aryl methyl sites for hydroxylation is 2. The molecule has 7 nitrogen and oxygen atoms in total. The molecule has 0 spiro atoms. The van der Waals surface area contributed by atoms with Gasteiger partial charge in [0, 0.05) is 25.2 Å². The number of nitrogens with zero attached hydrogens (tertiary/aromatic N) is 2. The summed E-state index contributed by atoms with van der Waals surface area (Å²) < 4.78 is 27.2. The minimum Gasteiger partial charge on any atom is -0.390 e. The Morgan fingerprint density at radius 1 is 0.949 bits per heavy atom. The van der Waals surface area contributed by atoms with Crippen molar-refractivity contribution in [2.45, 2.75) is 45.4 Å². The summed E-state index contributed by atoms with van der Waals surface area (Å²) in [6.45, 7) is 3.20. The number of benzene rings is 3. The molecule has 204 valence electrons. The molecule has 0 saturated carbocycles. The molecular weight excluding hydrogens is 504 g/mol. The number of carbonyl (C=O) groups excluding carboxylic acids is 3. The first-order chi connectivity index (χ1) is 18.5. The number of halogens is 2. The van der Waals surface area contributed by atoms with Gasteiger partial charge in [-0.2, -0.15) is 0 Å². The first kappa shape index (κ1) is 28.1. The molecule has 0 fully saturated rings. The highest BCUT2D eigenvalue weighted by molar-refractivity contribution is 6.22. The minimum absolute atomic E-state index is 0.0268. The Balaban J connectivity index is 1.53. The maximum Gasteiger partial charge on any atom is 0.262 e. The smallest absolute Gasteiger partial charge is 0.262 e. The molecule has 2 atom stereocenters. The van der Waals surface area contributed by atoms with Crippen LogP contribution in [-0.4, -0.2) is 57.9 Å². The Morgan fingerprint density at radius 2 is 1.62 bits per heavy atom. The highest BCUT2D eigenvalue weighted by Gasteiger charge is 2.37. The summed E-state index contributed by atoms with van der Waals surface area (Å²) in [6.07, 6.45) is -0.492. The van der Waals surface area contributed by atoms with Gasteiger partial charge in [0.15, 0.2) is 0 Å². The van der Waals surface area contributed by atoms with Crippen molar-refractivity contribution in [1.82, 2.24) is 9.80 Å². The Morgan fingerprint density at radius 3 is 2.31 bits per heavy atom. The number of fused-ring (bicyclic) bond motifs is 1. The summed E-state index contributed by atoms with van der Waals surface area (Å²) in [5.74, 6) is -3.16. The second kappa shape index (κ2) is 11.8. The van der Waals surface area contributed by atoms with E-state index in [1.54, 1.807) is 25.1 Å². The van der Waals surface area contributed by atoms with Crippen LogP contribution in [0.25, 0.3) is 0 Å². The molecule has 3 aromatic rings. The standard InChI is InChI=1S/C30H31F2N3O4/c1-3-19-5-4-6-20(10-19)15-34(16-27(36)26(33)13-21-11-22(31)14-23(32)12-21)28(37)17-35-29(38)24-8-7-18(2)9-25(24)30(35)39/h4-12,14,26-27,36H,3,13,15-17,33H2,1-2H3. The average molecular weight is 536 g/mol. The summed E-state index contributed by atoms with van der Waals surface area (Å²) in [6, 6.07) is 14.6. The fourth-order valence-corrected chi connectivity index (χ4v) is 4.70. The van der Waals surface area contributed by atoms with Gasteiger partial charge in [0.05, 0.1) is 17.2 Å². The van der Waals surface area contributed by atoms with Crippen molar-refractivity contribution in [3.63, 3.8) is 0 Å². The Kier molecular flexibility index (Phi) is 8.52. The van der Waals surface area contributed by atoms with Crippen LogP contribution in [0.3, 0.4) is 0 Å². The van der Waals surface area contributed by atoms with Crippen LogP contribution < -0.4 is 5.73 Å². The fraction of sp³-hybridized carbons (Fsp3) is 0.300. The van der Waals surface area contributed by atoms with Gasteiger partial charge in [0.25, 0.3) is 11.8 Å². The van der Waals surface area contributed by atoms with E-state index in [1.807, 2.05) is 31.2 Å². The summed E-state index contributed by atoms with van der Waals surface area (Å²) in [5, 5.41) is 10.9.